The number of nitrogens with one attached hydrogen (secondary N) is 1. The number of benzene rings is 1. The fourth-order valence-corrected chi connectivity index (χ4v) is 4.82. The second kappa shape index (κ2) is 6.42. The molecule has 0 fully saturated rings. The molecule has 106 valence electrons. The van der Waals surface area contributed by atoms with Gasteiger partial charge in [-0.3, -0.25) is 0 Å². The third-order valence-corrected chi connectivity index (χ3v) is 6.04. The molecule has 3 rings (SSSR count). The van der Waals surface area contributed by atoms with E-state index in [1.165, 1.54) is 34.3 Å². The maximum absolute atomic E-state index is 3.57. The second-order valence-electron chi connectivity index (χ2n) is 5.51. The lowest BCUT2D eigenvalue weighted by Crippen LogP contribution is -2.20. The number of fused-ring (bicyclic) bond motifs is 1. The van der Waals surface area contributed by atoms with Gasteiger partial charge >= 0.3 is 0 Å². The van der Waals surface area contributed by atoms with Gasteiger partial charge in [0.2, 0.25) is 0 Å². The van der Waals surface area contributed by atoms with E-state index in [4.69, 9.17) is 0 Å². The van der Waals surface area contributed by atoms with E-state index in [0.29, 0.717) is 12.0 Å². The van der Waals surface area contributed by atoms with Crippen molar-refractivity contribution in [2.75, 3.05) is 7.05 Å². The van der Waals surface area contributed by atoms with Crippen LogP contribution >= 0.6 is 27.3 Å². The van der Waals surface area contributed by atoms with E-state index in [-0.39, 0.29) is 0 Å². The summed E-state index contributed by atoms with van der Waals surface area (Å²) in [7, 11) is 2.08. The Balaban J connectivity index is 1.80. The maximum atomic E-state index is 3.57. The van der Waals surface area contributed by atoms with Gasteiger partial charge in [0, 0.05) is 10.9 Å². The van der Waals surface area contributed by atoms with Crippen molar-refractivity contribution in [2.45, 2.75) is 37.6 Å². The monoisotopic (exact) mass is 349 g/mol. The smallest absolute Gasteiger partial charge is 0.0701 e. The summed E-state index contributed by atoms with van der Waals surface area (Å²) in [5.74, 6) is 0.693. The van der Waals surface area contributed by atoms with E-state index in [9.17, 15) is 0 Å². The SMILES string of the molecule is CNC(CC1CCCc2ccccc21)c1ccc(Br)s1. The van der Waals surface area contributed by atoms with E-state index < -0.39 is 0 Å². The van der Waals surface area contributed by atoms with Gasteiger partial charge in [0.15, 0.2) is 0 Å². The van der Waals surface area contributed by atoms with Crippen LogP contribution in [-0.2, 0) is 6.42 Å². The molecule has 0 aliphatic heterocycles. The minimum atomic E-state index is 0.461. The topological polar surface area (TPSA) is 12.0 Å². The molecule has 1 aromatic heterocycles. The molecule has 20 heavy (non-hydrogen) atoms. The highest BCUT2D eigenvalue weighted by atomic mass is 79.9. The van der Waals surface area contributed by atoms with E-state index in [1.54, 1.807) is 11.1 Å². The Morgan fingerprint density at radius 3 is 2.90 bits per heavy atom. The zero-order chi connectivity index (χ0) is 13.9. The van der Waals surface area contributed by atoms with Crippen LogP contribution in [0.2, 0.25) is 0 Å². The summed E-state index contributed by atoms with van der Waals surface area (Å²) in [5.41, 5.74) is 3.14. The van der Waals surface area contributed by atoms with Crippen molar-refractivity contribution in [3.63, 3.8) is 0 Å². The van der Waals surface area contributed by atoms with Crippen molar-refractivity contribution in [2.24, 2.45) is 0 Å². The molecule has 2 atom stereocenters. The lowest BCUT2D eigenvalue weighted by Gasteiger charge is -2.28. The number of aryl methyl sites for hydroxylation is 1. The van der Waals surface area contributed by atoms with Crippen LogP contribution in [0.25, 0.3) is 0 Å². The van der Waals surface area contributed by atoms with Gasteiger partial charge in [-0.2, -0.15) is 0 Å². The van der Waals surface area contributed by atoms with Crippen molar-refractivity contribution in [3.8, 4) is 0 Å². The highest BCUT2D eigenvalue weighted by Crippen LogP contribution is 2.39. The third-order valence-electron chi connectivity index (χ3n) is 4.30. The lowest BCUT2D eigenvalue weighted by atomic mass is 9.79. The Hall–Kier alpha value is -0.640. The molecule has 1 aliphatic carbocycles. The first-order valence-corrected chi connectivity index (χ1v) is 8.89. The van der Waals surface area contributed by atoms with Crippen LogP contribution in [0.4, 0.5) is 0 Å². The van der Waals surface area contributed by atoms with Crippen LogP contribution in [0.1, 0.15) is 47.2 Å². The quantitative estimate of drug-likeness (QED) is 0.791. The Kier molecular flexibility index (Phi) is 4.59. The fraction of sp³-hybridized carbons (Fsp3) is 0.412. The minimum absolute atomic E-state index is 0.461. The predicted molar refractivity (Wildman–Crippen MR) is 90.6 cm³/mol. The van der Waals surface area contributed by atoms with Crippen molar-refractivity contribution in [3.05, 3.63) is 56.2 Å². The highest BCUT2D eigenvalue weighted by Gasteiger charge is 2.24. The molecular formula is C17H20BrNS. The van der Waals surface area contributed by atoms with Crippen molar-refractivity contribution in [1.29, 1.82) is 0 Å². The first-order chi connectivity index (χ1) is 9.78. The predicted octanol–water partition coefficient (Wildman–Crippen LogP) is 5.28. The molecule has 1 N–H and O–H groups in total. The molecule has 1 aliphatic rings. The van der Waals surface area contributed by atoms with Gasteiger partial charge in [-0.1, -0.05) is 24.3 Å². The summed E-state index contributed by atoms with van der Waals surface area (Å²) >= 11 is 5.42. The third kappa shape index (κ3) is 3.00. The van der Waals surface area contributed by atoms with E-state index >= 15 is 0 Å². The van der Waals surface area contributed by atoms with Crippen molar-refractivity contribution < 1.29 is 0 Å². The molecule has 3 heteroatoms. The van der Waals surface area contributed by atoms with E-state index in [1.807, 2.05) is 11.3 Å². The summed E-state index contributed by atoms with van der Waals surface area (Å²) in [6.07, 6.45) is 5.09. The number of thiophene rings is 1. The van der Waals surface area contributed by atoms with E-state index in [2.05, 4.69) is 64.7 Å². The summed E-state index contributed by atoms with van der Waals surface area (Å²) in [5, 5.41) is 3.50. The standard InChI is InChI=1S/C17H20BrNS/c1-19-15(16-9-10-17(18)20-16)11-13-7-4-6-12-5-2-3-8-14(12)13/h2-3,5,8-10,13,15,19H,4,6-7,11H2,1H3. The highest BCUT2D eigenvalue weighted by molar-refractivity contribution is 9.11. The van der Waals surface area contributed by atoms with Gasteiger partial charge in [0.25, 0.3) is 0 Å². The molecule has 0 bridgehead atoms. The van der Waals surface area contributed by atoms with Gasteiger partial charge < -0.3 is 5.32 Å². The molecule has 0 saturated carbocycles. The van der Waals surface area contributed by atoms with Crippen LogP contribution < -0.4 is 5.32 Å². The molecule has 0 saturated heterocycles. The fourth-order valence-electron chi connectivity index (χ4n) is 3.28. The van der Waals surface area contributed by atoms with Crippen LogP contribution in [0.15, 0.2) is 40.2 Å². The van der Waals surface area contributed by atoms with Gasteiger partial charge in [0.05, 0.1) is 3.79 Å². The molecular weight excluding hydrogens is 330 g/mol. The molecule has 1 aromatic carbocycles. The average molecular weight is 350 g/mol. The molecule has 0 radical (unpaired) electrons. The normalized spacial score (nSPS) is 19.6. The lowest BCUT2D eigenvalue weighted by molar-refractivity contribution is 0.444. The second-order valence-corrected chi connectivity index (χ2v) is 8.00. The Bertz CT molecular complexity index is 578. The Labute approximate surface area is 133 Å². The first-order valence-electron chi connectivity index (χ1n) is 7.28. The van der Waals surface area contributed by atoms with Gasteiger partial charge in [-0.15, -0.1) is 11.3 Å². The Morgan fingerprint density at radius 2 is 2.15 bits per heavy atom. The van der Waals surface area contributed by atoms with Crippen molar-refractivity contribution >= 4 is 27.3 Å². The maximum Gasteiger partial charge on any atom is 0.0701 e. The van der Waals surface area contributed by atoms with E-state index in [0.717, 1.165) is 0 Å². The minimum Gasteiger partial charge on any atom is -0.312 e. The summed E-state index contributed by atoms with van der Waals surface area (Å²) in [6.45, 7) is 0. The summed E-state index contributed by atoms with van der Waals surface area (Å²) < 4.78 is 1.22. The van der Waals surface area contributed by atoms with Gasteiger partial charge in [-0.05, 0) is 77.8 Å². The number of hydrogen-bond acceptors (Lipinski definition) is 2. The molecule has 0 amide bonds. The zero-order valence-corrected chi connectivity index (χ0v) is 14.1. The van der Waals surface area contributed by atoms with Crippen LogP contribution in [0, 0.1) is 0 Å². The number of hydrogen-bond donors (Lipinski definition) is 1. The Morgan fingerprint density at radius 1 is 1.30 bits per heavy atom. The van der Waals surface area contributed by atoms with Crippen molar-refractivity contribution in [1.82, 2.24) is 5.32 Å². The summed E-state index contributed by atoms with van der Waals surface area (Å²) in [4.78, 5) is 1.43. The average Bonchev–Trinajstić information content (AvgIpc) is 2.91. The first kappa shape index (κ1) is 14.3. The molecule has 1 heterocycles. The number of rotatable bonds is 4. The summed E-state index contributed by atoms with van der Waals surface area (Å²) in [6, 6.07) is 13.8. The van der Waals surface area contributed by atoms with Crippen LogP contribution in [0.3, 0.4) is 0 Å². The molecule has 2 unspecified atom stereocenters. The van der Waals surface area contributed by atoms with Gasteiger partial charge in [0.1, 0.15) is 0 Å². The largest absolute Gasteiger partial charge is 0.312 e. The molecule has 0 spiro atoms. The zero-order valence-electron chi connectivity index (χ0n) is 11.7. The van der Waals surface area contributed by atoms with Crippen LogP contribution in [-0.4, -0.2) is 7.05 Å². The molecule has 2 aromatic rings. The molecule has 1 nitrogen and oxygen atoms in total. The van der Waals surface area contributed by atoms with Crippen LogP contribution in [0.5, 0.6) is 0 Å². The van der Waals surface area contributed by atoms with Gasteiger partial charge in [-0.25, -0.2) is 0 Å². The number of halogens is 1.